The molecule has 2 N–H and O–H groups in total. The minimum Gasteiger partial charge on any atom is -0.350 e. The summed E-state index contributed by atoms with van der Waals surface area (Å²) < 4.78 is 0. The molecule has 0 aliphatic carbocycles. The molecule has 0 saturated carbocycles. The highest BCUT2D eigenvalue weighted by Crippen LogP contribution is 2.22. The van der Waals surface area contributed by atoms with Crippen molar-refractivity contribution in [2.24, 2.45) is 0 Å². The van der Waals surface area contributed by atoms with Gasteiger partial charge in [-0.15, -0.1) is 11.8 Å². The van der Waals surface area contributed by atoms with Crippen molar-refractivity contribution in [3.63, 3.8) is 0 Å². The zero-order valence-electron chi connectivity index (χ0n) is 13.0. The second kappa shape index (κ2) is 8.61. The standard InChI is InChI=1S/C18H22N2OS/c1-14(19-2)12-20-18(21)16-10-8-15(9-11-16)13-22-17-6-4-3-5-7-17/h3-11,14,19H,12-13H2,1-2H3,(H,20,21). The molecule has 2 aromatic carbocycles. The Balaban J connectivity index is 1.86. The van der Waals surface area contributed by atoms with Crippen LogP contribution < -0.4 is 10.6 Å². The van der Waals surface area contributed by atoms with E-state index >= 15 is 0 Å². The predicted octanol–water partition coefficient (Wildman–Crippen LogP) is 3.32. The number of hydrogen-bond donors (Lipinski definition) is 2. The second-order valence-electron chi connectivity index (χ2n) is 5.20. The molecule has 0 spiro atoms. The maximum atomic E-state index is 12.0. The molecule has 0 fully saturated rings. The Morgan fingerprint density at radius 3 is 2.41 bits per heavy atom. The van der Waals surface area contributed by atoms with E-state index in [-0.39, 0.29) is 11.9 Å². The maximum Gasteiger partial charge on any atom is 0.251 e. The first-order valence-electron chi connectivity index (χ1n) is 7.41. The fourth-order valence-electron chi connectivity index (χ4n) is 1.89. The summed E-state index contributed by atoms with van der Waals surface area (Å²) in [5.41, 5.74) is 1.92. The molecular formula is C18H22N2OS. The maximum absolute atomic E-state index is 12.0. The molecule has 1 unspecified atom stereocenters. The second-order valence-corrected chi connectivity index (χ2v) is 6.25. The number of carbonyl (C=O) groups is 1. The van der Waals surface area contributed by atoms with Crippen molar-refractivity contribution in [3.05, 3.63) is 65.7 Å². The van der Waals surface area contributed by atoms with Crippen LogP contribution in [0.25, 0.3) is 0 Å². The van der Waals surface area contributed by atoms with Gasteiger partial charge in [-0.1, -0.05) is 30.3 Å². The van der Waals surface area contributed by atoms with E-state index in [1.165, 1.54) is 10.5 Å². The van der Waals surface area contributed by atoms with Gasteiger partial charge in [0, 0.05) is 28.8 Å². The van der Waals surface area contributed by atoms with Crippen LogP contribution in [0.2, 0.25) is 0 Å². The Kier molecular flexibility index (Phi) is 6.49. The molecule has 0 saturated heterocycles. The van der Waals surface area contributed by atoms with Gasteiger partial charge >= 0.3 is 0 Å². The third kappa shape index (κ3) is 5.20. The molecular weight excluding hydrogens is 292 g/mol. The van der Waals surface area contributed by atoms with Crippen molar-refractivity contribution in [2.45, 2.75) is 23.6 Å². The molecule has 2 aromatic rings. The van der Waals surface area contributed by atoms with E-state index in [0.29, 0.717) is 12.1 Å². The summed E-state index contributed by atoms with van der Waals surface area (Å²) >= 11 is 1.80. The lowest BCUT2D eigenvalue weighted by molar-refractivity contribution is 0.0950. The summed E-state index contributed by atoms with van der Waals surface area (Å²) in [5, 5.41) is 6.02. The number of hydrogen-bond acceptors (Lipinski definition) is 3. The Bertz CT molecular complexity index is 584. The zero-order valence-corrected chi connectivity index (χ0v) is 13.8. The van der Waals surface area contributed by atoms with Gasteiger partial charge in [-0.3, -0.25) is 4.79 Å². The van der Waals surface area contributed by atoms with E-state index in [2.05, 4.69) is 22.8 Å². The smallest absolute Gasteiger partial charge is 0.251 e. The average Bonchev–Trinajstić information content (AvgIpc) is 2.59. The fourth-order valence-corrected chi connectivity index (χ4v) is 2.76. The molecule has 116 valence electrons. The van der Waals surface area contributed by atoms with Crippen LogP contribution in [-0.4, -0.2) is 25.5 Å². The van der Waals surface area contributed by atoms with Crippen LogP contribution in [-0.2, 0) is 5.75 Å². The van der Waals surface area contributed by atoms with Gasteiger partial charge in [0.25, 0.3) is 5.91 Å². The van der Waals surface area contributed by atoms with Crippen LogP contribution in [0.1, 0.15) is 22.8 Å². The van der Waals surface area contributed by atoms with Gasteiger partial charge in [0.15, 0.2) is 0 Å². The van der Waals surface area contributed by atoms with E-state index in [1.54, 1.807) is 11.8 Å². The molecule has 0 bridgehead atoms. The quantitative estimate of drug-likeness (QED) is 0.770. The van der Waals surface area contributed by atoms with Gasteiger partial charge in [-0.05, 0) is 43.8 Å². The van der Waals surface area contributed by atoms with Gasteiger partial charge in [0.1, 0.15) is 0 Å². The SMILES string of the molecule is CNC(C)CNC(=O)c1ccc(CSc2ccccc2)cc1. The number of benzene rings is 2. The molecule has 4 heteroatoms. The molecule has 1 amide bonds. The van der Waals surface area contributed by atoms with Crippen LogP contribution >= 0.6 is 11.8 Å². The highest BCUT2D eigenvalue weighted by molar-refractivity contribution is 7.98. The third-order valence-corrected chi connectivity index (χ3v) is 4.51. The number of carbonyl (C=O) groups excluding carboxylic acids is 1. The van der Waals surface area contributed by atoms with Crippen molar-refractivity contribution in [2.75, 3.05) is 13.6 Å². The molecule has 0 aliphatic rings. The highest BCUT2D eigenvalue weighted by Gasteiger charge is 2.06. The van der Waals surface area contributed by atoms with Crippen LogP contribution in [0.5, 0.6) is 0 Å². The first-order valence-corrected chi connectivity index (χ1v) is 8.40. The zero-order chi connectivity index (χ0) is 15.8. The highest BCUT2D eigenvalue weighted by atomic mass is 32.2. The number of thioether (sulfide) groups is 1. The number of likely N-dealkylation sites (N-methyl/N-ethyl adjacent to an activating group) is 1. The van der Waals surface area contributed by atoms with Crippen LogP contribution in [0, 0.1) is 0 Å². The largest absolute Gasteiger partial charge is 0.350 e. The molecule has 22 heavy (non-hydrogen) atoms. The number of nitrogens with one attached hydrogen (secondary N) is 2. The Morgan fingerprint density at radius 1 is 1.09 bits per heavy atom. The van der Waals surface area contributed by atoms with Gasteiger partial charge in [-0.25, -0.2) is 0 Å². The normalized spacial score (nSPS) is 11.9. The molecule has 0 radical (unpaired) electrons. The third-order valence-electron chi connectivity index (χ3n) is 3.43. The molecule has 0 aliphatic heterocycles. The van der Waals surface area contributed by atoms with Gasteiger partial charge in [0.2, 0.25) is 0 Å². The molecule has 1 atom stereocenters. The van der Waals surface area contributed by atoms with E-state index in [9.17, 15) is 4.79 Å². The summed E-state index contributed by atoms with van der Waals surface area (Å²) in [6.45, 7) is 2.66. The number of amides is 1. The summed E-state index contributed by atoms with van der Waals surface area (Å²) in [6, 6.07) is 18.4. The van der Waals surface area contributed by atoms with Crippen molar-refractivity contribution in [3.8, 4) is 0 Å². The summed E-state index contributed by atoms with van der Waals surface area (Å²) in [7, 11) is 1.88. The molecule has 3 nitrogen and oxygen atoms in total. The summed E-state index contributed by atoms with van der Waals surface area (Å²) in [6.07, 6.45) is 0. The minimum absolute atomic E-state index is 0.0237. The van der Waals surface area contributed by atoms with Gasteiger partial charge in [0.05, 0.1) is 0 Å². The monoisotopic (exact) mass is 314 g/mol. The molecule has 0 heterocycles. The van der Waals surface area contributed by atoms with E-state index in [0.717, 1.165) is 5.75 Å². The summed E-state index contributed by atoms with van der Waals surface area (Å²) in [4.78, 5) is 13.3. The van der Waals surface area contributed by atoms with E-state index in [4.69, 9.17) is 0 Å². The van der Waals surface area contributed by atoms with E-state index in [1.807, 2.05) is 56.4 Å². The van der Waals surface area contributed by atoms with Crippen molar-refractivity contribution in [1.29, 1.82) is 0 Å². The van der Waals surface area contributed by atoms with Crippen molar-refractivity contribution < 1.29 is 4.79 Å². The topological polar surface area (TPSA) is 41.1 Å². The van der Waals surface area contributed by atoms with Gasteiger partial charge in [-0.2, -0.15) is 0 Å². The lowest BCUT2D eigenvalue weighted by Crippen LogP contribution is -2.37. The number of rotatable bonds is 7. The van der Waals surface area contributed by atoms with Crippen LogP contribution in [0.3, 0.4) is 0 Å². The van der Waals surface area contributed by atoms with Crippen LogP contribution in [0.15, 0.2) is 59.5 Å². The Morgan fingerprint density at radius 2 is 1.77 bits per heavy atom. The van der Waals surface area contributed by atoms with Crippen molar-refractivity contribution in [1.82, 2.24) is 10.6 Å². The lowest BCUT2D eigenvalue weighted by Gasteiger charge is -2.11. The molecule has 2 rings (SSSR count). The first kappa shape index (κ1) is 16.6. The van der Waals surface area contributed by atoms with E-state index < -0.39 is 0 Å². The molecule has 0 aromatic heterocycles. The van der Waals surface area contributed by atoms with Gasteiger partial charge < -0.3 is 10.6 Å². The average molecular weight is 314 g/mol. The fraction of sp³-hybridized carbons (Fsp3) is 0.278. The Labute approximate surface area is 136 Å². The lowest BCUT2D eigenvalue weighted by atomic mass is 10.1. The minimum atomic E-state index is -0.0237. The predicted molar refractivity (Wildman–Crippen MR) is 93.3 cm³/mol. The van der Waals surface area contributed by atoms with Crippen LogP contribution in [0.4, 0.5) is 0 Å². The summed E-state index contributed by atoms with van der Waals surface area (Å²) in [5.74, 6) is 0.882. The van der Waals surface area contributed by atoms with Crippen molar-refractivity contribution >= 4 is 17.7 Å². The Hall–Kier alpha value is -1.78. The first-order chi connectivity index (χ1) is 10.7.